The Morgan fingerprint density at radius 2 is 1.15 bits per heavy atom. The fourth-order valence-electron chi connectivity index (χ4n) is 1.55. The molecule has 0 radical (unpaired) electrons. The van der Waals surface area contributed by atoms with Crippen molar-refractivity contribution in [1.29, 1.82) is 0 Å². The van der Waals surface area contributed by atoms with Crippen LogP contribution in [0.3, 0.4) is 0 Å². The highest BCUT2D eigenvalue weighted by molar-refractivity contribution is 5.09. The summed E-state index contributed by atoms with van der Waals surface area (Å²) in [6.45, 7) is 15.8. The molecule has 0 unspecified atom stereocenters. The van der Waals surface area contributed by atoms with Crippen LogP contribution in [0.1, 0.15) is 48.5 Å². The summed E-state index contributed by atoms with van der Waals surface area (Å²) in [5, 5.41) is 7.30. The van der Waals surface area contributed by atoms with E-state index in [9.17, 15) is 0 Å². The Morgan fingerprint density at radius 1 is 0.846 bits per heavy atom. The molecule has 0 bridgehead atoms. The largest absolute Gasteiger partial charge is 0.295 e. The first kappa shape index (κ1) is 11.0. The lowest BCUT2D eigenvalue weighted by molar-refractivity contribution is 0.253. The average Bonchev–Trinajstić information content (AvgIpc) is 2.00. The Kier molecular flexibility index (Phi) is 2.29. The molecule has 2 nitrogen and oxygen atoms in total. The summed E-state index contributed by atoms with van der Waals surface area (Å²) < 4.78 is 0. The van der Waals surface area contributed by atoms with Crippen molar-refractivity contribution in [2.24, 2.45) is 5.41 Å². The fraction of sp³-hybridized carbons (Fsp3) is 1.00. The van der Waals surface area contributed by atoms with Gasteiger partial charge in [-0.15, -0.1) is 0 Å². The van der Waals surface area contributed by atoms with E-state index in [1.165, 1.54) is 0 Å². The van der Waals surface area contributed by atoms with Crippen LogP contribution in [-0.2, 0) is 0 Å². The molecular weight excluding hydrogens is 160 g/mol. The molecule has 1 aliphatic rings. The van der Waals surface area contributed by atoms with Crippen LogP contribution in [0.2, 0.25) is 0 Å². The molecule has 1 fully saturated rings. The monoisotopic (exact) mass is 184 g/mol. The molecule has 0 spiro atoms. The van der Waals surface area contributed by atoms with Gasteiger partial charge in [-0.05, 0) is 33.1 Å². The predicted molar refractivity (Wildman–Crippen MR) is 57.7 cm³/mol. The van der Waals surface area contributed by atoms with E-state index in [4.69, 9.17) is 0 Å². The number of nitrogens with one attached hydrogen (secondary N) is 2. The molecule has 78 valence electrons. The van der Waals surface area contributed by atoms with Gasteiger partial charge in [0.15, 0.2) is 0 Å². The van der Waals surface area contributed by atoms with Gasteiger partial charge < -0.3 is 0 Å². The van der Waals surface area contributed by atoms with Gasteiger partial charge in [-0.25, -0.2) is 0 Å². The van der Waals surface area contributed by atoms with Crippen LogP contribution in [0.5, 0.6) is 0 Å². The molecule has 0 aliphatic carbocycles. The normalized spacial score (nSPS) is 27.9. The third-order valence-corrected chi connectivity index (χ3v) is 3.44. The highest BCUT2D eigenvalue weighted by atomic mass is 15.3. The molecule has 1 heterocycles. The maximum absolute atomic E-state index is 3.65. The quantitative estimate of drug-likeness (QED) is 0.602. The average molecular weight is 184 g/mol. The van der Waals surface area contributed by atoms with E-state index in [1.54, 1.807) is 0 Å². The zero-order valence-electron chi connectivity index (χ0n) is 10.1. The zero-order valence-corrected chi connectivity index (χ0v) is 10.1. The summed E-state index contributed by atoms with van der Waals surface area (Å²) in [5.41, 5.74) is 0.584. The van der Waals surface area contributed by atoms with Crippen LogP contribution in [-0.4, -0.2) is 17.2 Å². The first-order valence-electron chi connectivity index (χ1n) is 5.12. The summed E-state index contributed by atoms with van der Waals surface area (Å²) in [5.74, 6) is 0. The van der Waals surface area contributed by atoms with E-state index in [0.29, 0.717) is 6.17 Å². The van der Waals surface area contributed by atoms with Gasteiger partial charge in [-0.2, -0.15) is 0 Å². The minimum Gasteiger partial charge on any atom is -0.295 e. The van der Waals surface area contributed by atoms with Gasteiger partial charge in [-0.3, -0.25) is 10.6 Å². The number of hydrogen-bond donors (Lipinski definition) is 2. The summed E-state index contributed by atoms with van der Waals surface area (Å²) in [4.78, 5) is 0. The molecule has 2 heteroatoms. The molecule has 0 saturated carbocycles. The maximum Gasteiger partial charge on any atom is 0.0631 e. The number of hydrogen-bond acceptors (Lipinski definition) is 2. The minimum atomic E-state index is 0.158. The summed E-state index contributed by atoms with van der Waals surface area (Å²) in [6, 6.07) is 0. The Balaban J connectivity index is 2.83. The third kappa shape index (κ3) is 1.89. The molecule has 13 heavy (non-hydrogen) atoms. The van der Waals surface area contributed by atoms with Crippen molar-refractivity contribution in [2.45, 2.75) is 65.7 Å². The Bertz CT molecular complexity index is 183. The summed E-state index contributed by atoms with van der Waals surface area (Å²) >= 11 is 0. The van der Waals surface area contributed by atoms with Crippen molar-refractivity contribution in [3.8, 4) is 0 Å². The van der Waals surface area contributed by atoms with E-state index in [2.05, 4.69) is 59.1 Å². The smallest absolute Gasteiger partial charge is 0.0631 e. The number of rotatable bonds is 0. The highest BCUT2D eigenvalue weighted by Crippen LogP contribution is 2.33. The van der Waals surface area contributed by atoms with Gasteiger partial charge in [-0.1, -0.05) is 20.8 Å². The summed E-state index contributed by atoms with van der Waals surface area (Å²) in [7, 11) is 0. The van der Waals surface area contributed by atoms with E-state index in [1.807, 2.05) is 0 Å². The van der Waals surface area contributed by atoms with Gasteiger partial charge in [0.05, 0.1) is 6.17 Å². The van der Waals surface area contributed by atoms with Gasteiger partial charge >= 0.3 is 0 Å². The second-order valence-corrected chi connectivity index (χ2v) is 6.34. The molecule has 2 N–H and O–H groups in total. The first-order chi connectivity index (χ1) is 5.56. The fourth-order valence-corrected chi connectivity index (χ4v) is 1.55. The van der Waals surface area contributed by atoms with Gasteiger partial charge in [0.1, 0.15) is 0 Å². The molecule has 0 aromatic heterocycles. The van der Waals surface area contributed by atoms with Crippen LogP contribution in [0.4, 0.5) is 0 Å². The van der Waals surface area contributed by atoms with Crippen LogP contribution >= 0.6 is 0 Å². The highest BCUT2D eigenvalue weighted by Gasteiger charge is 2.48. The van der Waals surface area contributed by atoms with Gasteiger partial charge in [0, 0.05) is 11.1 Å². The van der Waals surface area contributed by atoms with Crippen molar-refractivity contribution in [3.63, 3.8) is 0 Å². The third-order valence-electron chi connectivity index (χ3n) is 3.44. The molecule has 0 aromatic carbocycles. The van der Waals surface area contributed by atoms with Crippen LogP contribution < -0.4 is 10.6 Å². The van der Waals surface area contributed by atoms with Crippen molar-refractivity contribution in [2.75, 3.05) is 0 Å². The van der Waals surface area contributed by atoms with Crippen LogP contribution in [0.15, 0.2) is 0 Å². The second-order valence-electron chi connectivity index (χ2n) is 6.34. The standard InChI is InChI=1S/C11H24N2/c1-9(2,3)8-12-10(4,5)11(6,7)13-8/h8,12-13H,1-7H3. The lowest BCUT2D eigenvalue weighted by Crippen LogP contribution is -2.51. The van der Waals surface area contributed by atoms with Crippen LogP contribution in [0.25, 0.3) is 0 Å². The lowest BCUT2D eigenvalue weighted by Gasteiger charge is -2.33. The molecule has 1 aliphatic heterocycles. The Labute approximate surface area is 82.5 Å². The molecule has 0 aromatic rings. The van der Waals surface area contributed by atoms with Crippen LogP contribution in [0, 0.1) is 5.41 Å². The molecular formula is C11H24N2. The minimum absolute atomic E-state index is 0.158. The summed E-state index contributed by atoms with van der Waals surface area (Å²) in [6.07, 6.45) is 0.400. The molecule has 1 rings (SSSR count). The van der Waals surface area contributed by atoms with Crippen molar-refractivity contribution >= 4 is 0 Å². The van der Waals surface area contributed by atoms with E-state index >= 15 is 0 Å². The first-order valence-corrected chi connectivity index (χ1v) is 5.12. The molecule has 0 amide bonds. The maximum atomic E-state index is 3.65. The van der Waals surface area contributed by atoms with Crippen molar-refractivity contribution < 1.29 is 0 Å². The lowest BCUT2D eigenvalue weighted by atomic mass is 9.85. The molecule has 0 atom stereocenters. The van der Waals surface area contributed by atoms with E-state index in [0.717, 1.165) is 0 Å². The van der Waals surface area contributed by atoms with Crippen molar-refractivity contribution in [3.05, 3.63) is 0 Å². The zero-order chi connectivity index (χ0) is 10.5. The van der Waals surface area contributed by atoms with Gasteiger partial charge in [0.2, 0.25) is 0 Å². The van der Waals surface area contributed by atoms with Crippen molar-refractivity contribution in [1.82, 2.24) is 10.6 Å². The van der Waals surface area contributed by atoms with Gasteiger partial charge in [0.25, 0.3) is 0 Å². The Hall–Kier alpha value is -0.0800. The second kappa shape index (κ2) is 2.71. The predicted octanol–water partition coefficient (Wildman–Crippen LogP) is 2.11. The topological polar surface area (TPSA) is 24.1 Å². The van der Waals surface area contributed by atoms with E-state index < -0.39 is 0 Å². The molecule has 1 saturated heterocycles. The SMILES string of the molecule is CC(C)(C)C1NC(C)(C)C(C)(C)N1. The Morgan fingerprint density at radius 3 is 1.31 bits per heavy atom. The van der Waals surface area contributed by atoms with E-state index in [-0.39, 0.29) is 16.5 Å².